The Labute approximate surface area is 110 Å². The molecule has 0 bridgehead atoms. The summed E-state index contributed by atoms with van der Waals surface area (Å²) in [6, 6.07) is 11.3. The highest BCUT2D eigenvalue weighted by Gasteiger charge is 2.29. The lowest BCUT2D eigenvalue weighted by molar-refractivity contribution is 0.133. The molecule has 1 aromatic rings. The van der Waals surface area contributed by atoms with Crippen molar-refractivity contribution in [3.8, 4) is 0 Å². The number of hydrogen-bond donors (Lipinski definition) is 2. The quantitative estimate of drug-likeness (QED) is 0.810. The van der Waals surface area contributed by atoms with Crippen LogP contribution >= 0.6 is 0 Å². The fourth-order valence-electron chi connectivity index (χ4n) is 2.71. The standard InChI is InChI=1S/C16H25NO/c1-12(2)8-16(18)11-17-15-9-14(10-15)13-6-4-3-5-7-13/h3-7,12,14-18H,8-11H2,1-2H3. The second kappa shape index (κ2) is 6.35. The summed E-state index contributed by atoms with van der Waals surface area (Å²) in [5.74, 6) is 1.28. The Kier molecular flexibility index (Phi) is 4.79. The van der Waals surface area contributed by atoms with E-state index in [9.17, 15) is 5.11 Å². The van der Waals surface area contributed by atoms with Gasteiger partial charge < -0.3 is 10.4 Å². The number of aliphatic hydroxyl groups excluding tert-OH is 1. The van der Waals surface area contributed by atoms with E-state index < -0.39 is 0 Å². The van der Waals surface area contributed by atoms with E-state index in [0.717, 1.165) is 13.0 Å². The maximum absolute atomic E-state index is 9.81. The lowest BCUT2D eigenvalue weighted by atomic mass is 9.76. The molecule has 1 aromatic carbocycles. The van der Waals surface area contributed by atoms with Crippen molar-refractivity contribution in [3.05, 3.63) is 35.9 Å². The minimum Gasteiger partial charge on any atom is -0.392 e. The molecular weight excluding hydrogens is 222 g/mol. The van der Waals surface area contributed by atoms with Crippen LogP contribution in [0.4, 0.5) is 0 Å². The summed E-state index contributed by atoms with van der Waals surface area (Å²) < 4.78 is 0. The molecule has 1 fully saturated rings. The Balaban J connectivity index is 1.65. The molecule has 2 heteroatoms. The molecule has 0 saturated heterocycles. The van der Waals surface area contributed by atoms with Crippen LogP contribution in [0.5, 0.6) is 0 Å². The minimum atomic E-state index is -0.194. The van der Waals surface area contributed by atoms with Crippen LogP contribution in [0.25, 0.3) is 0 Å². The van der Waals surface area contributed by atoms with Crippen molar-refractivity contribution in [2.75, 3.05) is 6.54 Å². The average Bonchev–Trinajstić information content (AvgIpc) is 2.27. The highest BCUT2D eigenvalue weighted by molar-refractivity contribution is 5.22. The first-order valence-electron chi connectivity index (χ1n) is 7.11. The molecule has 1 unspecified atom stereocenters. The fraction of sp³-hybridized carbons (Fsp3) is 0.625. The van der Waals surface area contributed by atoms with Gasteiger partial charge in [0.25, 0.3) is 0 Å². The molecule has 100 valence electrons. The third-order valence-electron chi connectivity index (χ3n) is 3.79. The van der Waals surface area contributed by atoms with Gasteiger partial charge in [-0.25, -0.2) is 0 Å². The third kappa shape index (κ3) is 3.82. The number of rotatable bonds is 6. The zero-order valence-electron chi connectivity index (χ0n) is 11.5. The first-order chi connectivity index (χ1) is 8.65. The van der Waals surface area contributed by atoms with E-state index in [-0.39, 0.29) is 6.10 Å². The molecule has 0 spiro atoms. The van der Waals surface area contributed by atoms with E-state index in [1.807, 2.05) is 0 Å². The predicted molar refractivity (Wildman–Crippen MR) is 75.7 cm³/mol. The predicted octanol–water partition coefficient (Wildman–Crippen LogP) is 2.93. The Hall–Kier alpha value is -0.860. The van der Waals surface area contributed by atoms with E-state index in [1.165, 1.54) is 18.4 Å². The third-order valence-corrected chi connectivity index (χ3v) is 3.79. The molecule has 2 N–H and O–H groups in total. The average molecular weight is 247 g/mol. The molecule has 1 aliphatic carbocycles. The van der Waals surface area contributed by atoms with Gasteiger partial charge in [0.15, 0.2) is 0 Å². The summed E-state index contributed by atoms with van der Waals surface area (Å²) in [4.78, 5) is 0. The molecule has 2 nitrogen and oxygen atoms in total. The fourth-order valence-corrected chi connectivity index (χ4v) is 2.71. The van der Waals surface area contributed by atoms with Crippen LogP contribution in [0.15, 0.2) is 30.3 Å². The first kappa shape index (κ1) is 13.6. The van der Waals surface area contributed by atoms with Gasteiger partial charge in [0.2, 0.25) is 0 Å². The van der Waals surface area contributed by atoms with Crippen molar-refractivity contribution in [3.63, 3.8) is 0 Å². The summed E-state index contributed by atoms with van der Waals surface area (Å²) in [5.41, 5.74) is 1.46. The van der Waals surface area contributed by atoms with Crippen LogP contribution in [0.2, 0.25) is 0 Å². The van der Waals surface area contributed by atoms with E-state index in [0.29, 0.717) is 17.9 Å². The van der Waals surface area contributed by atoms with Gasteiger partial charge in [-0.3, -0.25) is 0 Å². The Morgan fingerprint density at radius 3 is 2.50 bits per heavy atom. The van der Waals surface area contributed by atoms with Crippen LogP contribution < -0.4 is 5.32 Å². The first-order valence-corrected chi connectivity index (χ1v) is 7.11. The number of nitrogens with one attached hydrogen (secondary N) is 1. The van der Waals surface area contributed by atoms with Crippen molar-refractivity contribution in [2.24, 2.45) is 5.92 Å². The zero-order chi connectivity index (χ0) is 13.0. The number of benzene rings is 1. The topological polar surface area (TPSA) is 32.3 Å². The second-order valence-corrected chi connectivity index (χ2v) is 5.97. The van der Waals surface area contributed by atoms with E-state index in [2.05, 4.69) is 49.5 Å². The van der Waals surface area contributed by atoms with Gasteiger partial charge in [-0.05, 0) is 36.7 Å². The molecule has 0 heterocycles. The Bertz CT molecular complexity index is 343. The molecule has 1 aliphatic rings. The highest BCUT2D eigenvalue weighted by atomic mass is 16.3. The van der Waals surface area contributed by atoms with Crippen LogP contribution in [0, 0.1) is 5.92 Å². The molecule has 0 amide bonds. The molecule has 1 saturated carbocycles. The lowest BCUT2D eigenvalue weighted by Crippen LogP contribution is -2.43. The summed E-state index contributed by atoms with van der Waals surface area (Å²) in [6.07, 6.45) is 3.11. The maximum Gasteiger partial charge on any atom is 0.0667 e. The molecule has 1 atom stereocenters. The van der Waals surface area contributed by atoms with Gasteiger partial charge in [0.1, 0.15) is 0 Å². The van der Waals surface area contributed by atoms with Crippen molar-refractivity contribution in [1.82, 2.24) is 5.32 Å². The molecule has 0 aliphatic heterocycles. The van der Waals surface area contributed by atoms with Crippen molar-refractivity contribution in [2.45, 2.75) is 51.2 Å². The van der Waals surface area contributed by atoms with Crippen molar-refractivity contribution >= 4 is 0 Å². The lowest BCUT2D eigenvalue weighted by Gasteiger charge is -2.37. The summed E-state index contributed by atoms with van der Waals surface area (Å²) >= 11 is 0. The smallest absolute Gasteiger partial charge is 0.0667 e. The van der Waals surface area contributed by atoms with Gasteiger partial charge in [-0.15, -0.1) is 0 Å². The van der Waals surface area contributed by atoms with E-state index in [1.54, 1.807) is 0 Å². The van der Waals surface area contributed by atoms with Gasteiger partial charge in [-0.2, -0.15) is 0 Å². The Morgan fingerprint density at radius 2 is 1.89 bits per heavy atom. The second-order valence-electron chi connectivity index (χ2n) is 5.97. The van der Waals surface area contributed by atoms with Gasteiger partial charge >= 0.3 is 0 Å². The van der Waals surface area contributed by atoms with Gasteiger partial charge in [-0.1, -0.05) is 44.2 Å². The summed E-state index contributed by atoms with van der Waals surface area (Å²) in [5, 5.41) is 13.3. The molecule has 0 aromatic heterocycles. The van der Waals surface area contributed by atoms with Gasteiger partial charge in [0, 0.05) is 12.6 Å². The van der Waals surface area contributed by atoms with Crippen molar-refractivity contribution < 1.29 is 5.11 Å². The molecule has 18 heavy (non-hydrogen) atoms. The van der Waals surface area contributed by atoms with Crippen molar-refractivity contribution in [1.29, 1.82) is 0 Å². The monoisotopic (exact) mass is 247 g/mol. The number of hydrogen-bond acceptors (Lipinski definition) is 2. The molecule has 2 rings (SSSR count). The van der Waals surface area contributed by atoms with Crippen LogP contribution in [0.3, 0.4) is 0 Å². The Morgan fingerprint density at radius 1 is 1.22 bits per heavy atom. The molecular formula is C16H25NO. The van der Waals surface area contributed by atoms with E-state index >= 15 is 0 Å². The normalized spacial score (nSPS) is 24.9. The van der Waals surface area contributed by atoms with E-state index in [4.69, 9.17) is 0 Å². The number of aliphatic hydroxyl groups is 1. The minimum absolute atomic E-state index is 0.194. The maximum atomic E-state index is 9.81. The van der Waals surface area contributed by atoms with Gasteiger partial charge in [0.05, 0.1) is 6.10 Å². The summed E-state index contributed by atoms with van der Waals surface area (Å²) in [7, 11) is 0. The van der Waals surface area contributed by atoms with Crippen LogP contribution in [0.1, 0.15) is 44.6 Å². The zero-order valence-corrected chi connectivity index (χ0v) is 11.5. The SMILES string of the molecule is CC(C)CC(O)CNC1CC(c2ccccc2)C1. The molecule has 0 radical (unpaired) electrons. The van der Waals surface area contributed by atoms with Crippen LogP contribution in [-0.4, -0.2) is 23.8 Å². The highest BCUT2D eigenvalue weighted by Crippen LogP contribution is 2.36. The largest absolute Gasteiger partial charge is 0.392 e. The summed E-state index contributed by atoms with van der Waals surface area (Å²) in [6.45, 7) is 5.04. The van der Waals surface area contributed by atoms with Crippen LogP contribution in [-0.2, 0) is 0 Å².